The molecule has 0 aliphatic carbocycles. The number of ether oxygens (including phenoxy) is 1. The minimum absolute atomic E-state index is 0.131. The van der Waals surface area contributed by atoms with Gasteiger partial charge in [-0.25, -0.2) is 0 Å². The summed E-state index contributed by atoms with van der Waals surface area (Å²) in [6.45, 7) is 8.38. The summed E-state index contributed by atoms with van der Waals surface area (Å²) in [7, 11) is 0. The fourth-order valence-electron chi connectivity index (χ4n) is 1.17. The normalized spacial score (nSPS) is 13.9. The Morgan fingerprint density at radius 3 is 2.43 bits per heavy atom. The van der Waals surface area contributed by atoms with Crippen LogP contribution in [0.5, 0.6) is 0 Å². The number of rotatable bonds is 8. The number of hydrogen-bond acceptors (Lipinski definition) is 4. The smallest absolute Gasteiger partial charge is 0.0900 e. The summed E-state index contributed by atoms with van der Waals surface area (Å²) in [4.78, 5) is 1.99. The molecule has 0 rings (SSSR count). The summed E-state index contributed by atoms with van der Waals surface area (Å²) in [5.74, 6) is 0. The lowest BCUT2D eigenvalue weighted by atomic mass is 10.3. The van der Waals surface area contributed by atoms with Crippen LogP contribution in [0.3, 0.4) is 0 Å². The summed E-state index contributed by atoms with van der Waals surface area (Å²) in [5, 5.41) is 18.3. The van der Waals surface area contributed by atoms with Crippen molar-refractivity contribution in [2.24, 2.45) is 0 Å². The van der Waals surface area contributed by atoms with Crippen molar-refractivity contribution < 1.29 is 14.9 Å². The predicted molar refractivity (Wildman–Crippen MR) is 56.3 cm³/mol. The van der Waals surface area contributed by atoms with Crippen molar-refractivity contribution in [3.63, 3.8) is 0 Å². The highest BCUT2D eigenvalue weighted by Gasteiger charge is 2.10. The van der Waals surface area contributed by atoms with Crippen LogP contribution < -0.4 is 0 Å². The van der Waals surface area contributed by atoms with E-state index in [0.717, 1.165) is 6.54 Å². The molecule has 0 aliphatic heterocycles. The van der Waals surface area contributed by atoms with Crippen molar-refractivity contribution in [1.82, 2.24) is 4.90 Å². The Morgan fingerprint density at radius 2 is 2.00 bits per heavy atom. The van der Waals surface area contributed by atoms with Crippen LogP contribution in [-0.4, -0.2) is 60.2 Å². The molecule has 0 aromatic carbocycles. The molecule has 0 fully saturated rings. The molecule has 2 N–H and O–H groups in total. The van der Waals surface area contributed by atoms with E-state index in [1.54, 1.807) is 0 Å². The second-order valence-electron chi connectivity index (χ2n) is 3.65. The van der Waals surface area contributed by atoms with E-state index in [2.05, 4.69) is 0 Å². The first-order chi connectivity index (χ1) is 6.60. The molecule has 4 heteroatoms. The Labute approximate surface area is 86.5 Å². The van der Waals surface area contributed by atoms with Crippen molar-refractivity contribution >= 4 is 0 Å². The van der Waals surface area contributed by atoms with Crippen molar-refractivity contribution in [3.8, 4) is 0 Å². The van der Waals surface area contributed by atoms with E-state index < -0.39 is 6.10 Å². The third-order valence-electron chi connectivity index (χ3n) is 1.95. The van der Waals surface area contributed by atoms with Crippen molar-refractivity contribution in [3.05, 3.63) is 0 Å². The largest absolute Gasteiger partial charge is 0.395 e. The number of hydrogen-bond donors (Lipinski definition) is 2. The molecule has 0 bridgehead atoms. The highest BCUT2D eigenvalue weighted by molar-refractivity contribution is 4.62. The molecule has 0 saturated heterocycles. The molecular weight excluding hydrogens is 182 g/mol. The minimum atomic E-state index is -0.469. The summed E-state index contributed by atoms with van der Waals surface area (Å²) in [6, 6.07) is 0. The molecule has 0 spiro atoms. The topological polar surface area (TPSA) is 52.9 Å². The van der Waals surface area contributed by atoms with E-state index in [-0.39, 0.29) is 12.7 Å². The molecular formula is C10H23NO3. The molecule has 1 unspecified atom stereocenters. The van der Waals surface area contributed by atoms with Gasteiger partial charge in [-0.2, -0.15) is 0 Å². The van der Waals surface area contributed by atoms with Gasteiger partial charge in [0.15, 0.2) is 0 Å². The summed E-state index contributed by atoms with van der Waals surface area (Å²) < 4.78 is 5.29. The Balaban J connectivity index is 3.61. The van der Waals surface area contributed by atoms with Crippen molar-refractivity contribution in [2.45, 2.75) is 33.0 Å². The van der Waals surface area contributed by atoms with Crippen LogP contribution >= 0.6 is 0 Å². The van der Waals surface area contributed by atoms with Crippen LogP contribution in [0.1, 0.15) is 20.8 Å². The van der Waals surface area contributed by atoms with Crippen molar-refractivity contribution in [1.29, 1.82) is 0 Å². The van der Waals surface area contributed by atoms with E-state index in [9.17, 15) is 5.11 Å². The molecule has 4 nitrogen and oxygen atoms in total. The van der Waals surface area contributed by atoms with Crippen LogP contribution in [0.15, 0.2) is 0 Å². The summed E-state index contributed by atoms with van der Waals surface area (Å²) in [5.41, 5.74) is 0. The van der Waals surface area contributed by atoms with E-state index in [1.807, 2.05) is 25.7 Å². The van der Waals surface area contributed by atoms with Gasteiger partial charge in [-0.1, -0.05) is 6.92 Å². The third kappa shape index (κ3) is 7.26. The van der Waals surface area contributed by atoms with Crippen LogP contribution in [-0.2, 0) is 4.74 Å². The Kier molecular flexibility index (Phi) is 8.08. The van der Waals surface area contributed by atoms with Crippen molar-refractivity contribution in [2.75, 3.05) is 32.8 Å². The Hall–Kier alpha value is -0.160. The first kappa shape index (κ1) is 13.8. The first-order valence-corrected chi connectivity index (χ1v) is 5.23. The van der Waals surface area contributed by atoms with Gasteiger partial charge in [0.25, 0.3) is 0 Å². The van der Waals surface area contributed by atoms with Gasteiger partial charge in [0.2, 0.25) is 0 Å². The van der Waals surface area contributed by atoms with Crippen LogP contribution in [0, 0.1) is 0 Å². The van der Waals surface area contributed by atoms with E-state index in [4.69, 9.17) is 9.84 Å². The zero-order valence-electron chi connectivity index (χ0n) is 9.44. The second kappa shape index (κ2) is 8.17. The quantitative estimate of drug-likeness (QED) is 0.589. The van der Waals surface area contributed by atoms with Gasteiger partial charge in [-0.3, -0.25) is 4.90 Å². The molecule has 86 valence electrons. The molecule has 14 heavy (non-hydrogen) atoms. The molecule has 0 saturated carbocycles. The lowest BCUT2D eigenvalue weighted by Crippen LogP contribution is -2.37. The Morgan fingerprint density at radius 1 is 1.36 bits per heavy atom. The monoisotopic (exact) mass is 205 g/mol. The van der Waals surface area contributed by atoms with Gasteiger partial charge < -0.3 is 14.9 Å². The maximum atomic E-state index is 9.58. The zero-order chi connectivity index (χ0) is 11.0. The van der Waals surface area contributed by atoms with Crippen LogP contribution in [0.2, 0.25) is 0 Å². The van der Waals surface area contributed by atoms with Crippen LogP contribution in [0.4, 0.5) is 0 Å². The average Bonchev–Trinajstić information content (AvgIpc) is 2.14. The molecule has 0 aliphatic rings. The summed E-state index contributed by atoms with van der Waals surface area (Å²) in [6.07, 6.45) is -0.318. The third-order valence-corrected chi connectivity index (χ3v) is 1.95. The number of likely N-dealkylation sites (N-methyl/N-ethyl adjacent to an activating group) is 1. The number of aliphatic hydroxyl groups excluding tert-OH is 2. The van der Waals surface area contributed by atoms with Gasteiger partial charge in [0.05, 0.1) is 25.4 Å². The average molecular weight is 205 g/mol. The fourth-order valence-corrected chi connectivity index (χ4v) is 1.17. The molecule has 0 heterocycles. The molecule has 0 amide bonds. The molecule has 1 atom stereocenters. The number of aliphatic hydroxyl groups is 2. The van der Waals surface area contributed by atoms with Gasteiger partial charge in [-0.15, -0.1) is 0 Å². The maximum absolute atomic E-state index is 9.58. The zero-order valence-corrected chi connectivity index (χ0v) is 9.44. The standard InChI is InChI=1S/C10H23NO3/c1-4-11(5-6-12)7-10(13)8-14-9(2)3/h9-10,12-13H,4-8H2,1-3H3. The van der Waals surface area contributed by atoms with E-state index in [0.29, 0.717) is 19.7 Å². The van der Waals surface area contributed by atoms with Gasteiger partial charge in [-0.05, 0) is 20.4 Å². The van der Waals surface area contributed by atoms with Gasteiger partial charge in [0.1, 0.15) is 0 Å². The number of nitrogens with zero attached hydrogens (tertiary/aromatic N) is 1. The lowest BCUT2D eigenvalue weighted by molar-refractivity contribution is -0.00936. The van der Waals surface area contributed by atoms with Gasteiger partial charge >= 0.3 is 0 Å². The molecule has 0 radical (unpaired) electrons. The summed E-state index contributed by atoms with van der Waals surface area (Å²) >= 11 is 0. The second-order valence-corrected chi connectivity index (χ2v) is 3.65. The van der Waals surface area contributed by atoms with Crippen LogP contribution in [0.25, 0.3) is 0 Å². The molecule has 0 aromatic heterocycles. The first-order valence-electron chi connectivity index (χ1n) is 5.23. The predicted octanol–water partition coefficient (Wildman–Crippen LogP) is 0.0865. The highest BCUT2D eigenvalue weighted by Crippen LogP contribution is 1.95. The maximum Gasteiger partial charge on any atom is 0.0900 e. The van der Waals surface area contributed by atoms with Gasteiger partial charge in [0, 0.05) is 13.1 Å². The minimum Gasteiger partial charge on any atom is -0.395 e. The Bertz CT molecular complexity index is 131. The van der Waals surface area contributed by atoms with E-state index >= 15 is 0 Å². The highest BCUT2D eigenvalue weighted by atomic mass is 16.5. The SMILES string of the molecule is CCN(CCO)CC(O)COC(C)C. The molecule has 0 aromatic rings. The fraction of sp³-hybridized carbons (Fsp3) is 1.00. The van der Waals surface area contributed by atoms with E-state index in [1.165, 1.54) is 0 Å². The lowest BCUT2D eigenvalue weighted by Gasteiger charge is -2.23.